The van der Waals surface area contributed by atoms with Crippen molar-refractivity contribution in [2.45, 2.75) is 31.1 Å². The normalized spacial score (nSPS) is 16.2. The van der Waals surface area contributed by atoms with E-state index < -0.39 is 37.7 Å². The van der Waals surface area contributed by atoms with Gasteiger partial charge in [0.05, 0.1) is 0 Å². The summed E-state index contributed by atoms with van der Waals surface area (Å²) in [6, 6.07) is 3.14. The topological polar surface area (TPSA) is 43.7 Å². The third-order valence-electron chi connectivity index (χ3n) is 2.58. The Labute approximate surface area is 120 Å². The summed E-state index contributed by atoms with van der Waals surface area (Å²) >= 11 is 1.15. The molecule has 1 aromatic heterocycles. The number of aliphatic hydroxyl groups is 2. The molecule has 3 nitrogen and oxygen atoms in total. The van der Waals surface area contributed by atoms with Crippen molar-refractivity contribution in [3.63, 3.8) is 0 Å². The maximum absolute atomic E-state index is 12.3. The molecular weight excluding hydrogens is 324 g/mol. The van der Waals surface area contributed by atoms with Gasteiger partial charge in [0, 0.05) is 24.5 Å². The van der Waals surface area contributed by atoms with Crippen LogP contribution in [0.1, 0.15) is 4.88 Å². The van der Waals surface area contributed by atoms with Crippen molar-refractivity contribution >= 4 is 11.3 Å². The molecule has 0 aliphatic rings. The first-order valence-electron chi connectivity index (χ1n) is 5.74. The Morgan fingerprint density at radius 1 is 1.00 bits per heavy atom. The highest BCUT2D eigenvalue weighted by Crippen LogP contribution is 2.25. The van der Waals surface area contributed by atoms with Crippen LogP contribution in [0, 0.1) is 0 Å². The summed E-state index contributed by atoms with van der Waals surface area (Å²) in [4.78, 5) is 1.25. The van der Waals surface area contributed by atoms with E-state index in [1.165, 1.54) is 6.07 Å². The zero-order chi connectivity index (χ0) is 16.3. The van der Waals surface area contributed by atoms with E-state index in [0.29, 0.717) is 4.88 Å². The Morgan fingerprint density at radius 2 is 1.48 bits per heavy atom. The summed E-state index contributed by atoms with van der Waals surface area (Å²) in [7, 11) is 0. The Kier molecular flexibility index (Phi) is 6.02. The van der Waals surface area contributed by atoms with Gasteiger partial charge >= 0.3 is 12.4 Å². The number of alkyl halides is 6. The highest BCUT2D eigenvalue weighted by atomic mass is 32.1. The van der Waals surface area contributed by atoms with Crippen LogP contribution in [0.2, 0.25) is 0 Å². The number of rotatable bonds is 6. The van der Waals surface area contributed by atoms with E-state index in [1.54, 1.807) is 11.4 Å². The third-order valence-corrected chi connectivity index (χ3v) is 3.44. The molecule has 0 fully saturated rings. The fourth-order valence-electron chi connectivity index (χ4n) is 1.52. The van der Waals surface area contributed by atoms with Crippen molar-refractivity contribution in [1.29, 1.82) is 0 Å². The van der Waals surface area contributed by atoms with Crippen molar-refractivity contribution in [2.24, 2.45) is 0 Å². The first kappa shape index (κ1) is 18.2. The SMILES string of the molecule is O[C@H](CN(Cc1cccs1)C[C@@H](O)C(F)(F)F)C(F)(F)F. The van der Waals surface area contributed by atoms with E-state index in [0.717, 1.165) is 16.2 Å². The van der Waals surface area contributed by atoms with Crippen LogP contribution >= 0.6 is 11.3 Å². The van der Waals surface area contributed by atoms with Gasteiger partial charge in [-0.1, -0.05) is 6.07 Å². The van der Waals surface area contributed by atoms with Crippen molar-refractivity contribution in [3.05, 3.63) is 22.4 Å². The molecule has 0 saturated carbocycles. The molecule has 2 N–H and O–H groups in total. The van der Waals surface area contributed by atoms with Crippen molar-refractivity contribution in [2.75, 3.05) is 13.1 Å². The average Bonchev–Trinajstić information content (AvgIpc) is 2.78. The summed E-state index contributed by atoms with van der Waals surface area (Å²) in [5, 5.41) is 19.6. The standard InChI is InChI=1S/C11H13F6NO2S/c12-10(13,14)8(19)5-18(4-7-2-1-3-21-7)6-9(20)11(15,16)17/h1-3,8-9,19-20H,4-6H2/t8-,9-/m1/s1. The molecule has 0 bridgehead atoms. The largest absolute Gasteiger partial charge is 0.415 e. The van der Waals surface area contributed by atoms with Gasteiger partial charge in [0.1, 0.15) is 0 Å². The molecule has 2 atom stereocenters. The van der Waals surface area contributed by atoms with Gasteiger partial charge in [-0.25, -0.2) is 0 Å². The first-order valence-corrected chi connectivity index (χ1v) is 6.62. The Balaban J connectivity index is 2.75. The molecule has 0 aliphatic heterocycles. The summed E-state index contributed by atoms with van der Waals surface area (Å²) in [6.45, 7) is -2.32. The molecule has 1 aromatic rings. The minimum atomic E-state index is -4.93. The van der Waals surface area contributed by atoms with Crippen molar-refractivity contribution in [3.8, 4) is 0 Å². The van der Waals surface area contributed by atoms with Crippen LogP contribution in [0.4, 0.5) is 26.3 Å². The molecule has 0 unspecified atom stereocenters. The predicted octanol–water partition coefficient (Wildman–Crippen LogP) is 2.40. The number of hydrogen-bond acceptors (Lipinski definition) is 4. The number of hydrogen-bond donors (Lipinski definition) is 2. The maximum Gasteiger partial charge on any atom is 0.415 e. The van der Waals surface area contributed by atoms with Gasteiger partial charge in [0.2, 0.25) is 0 Å². The molecule has 0 amide bonds. The fourth-order valence-corrected chi connectivity index (χ4v) is 2.27. The predicted molar refractivity (Wildman–Crippen MR) is 63.7 cm³/mol. The van der Waals surface area contributed by atoms with E-state index in [1.807, 2.05) is 0 Å². The number of halogens is 6. The lowest BCUT2D eigenvalue weighted by molar-refractivity contribution is -0.221. The van der Waals surface area contributed by atoms with Gasteiger partial charge in [0.25, 0.3) is 0 Å². The zero-order valence-electron chi connectivity index (χ0n) is 10.5. The van der Waals surface area contributed by atoms with Crippen LogP contribution in [-0.2, 0) is 6.54 Å². The minimum Gasteiger partial charge on any atom is -0.382 e. The number of thiophene rings is 1. The highest BCUT2D eigenvalue weighted by Gasteiger charge is 2.42. The average molecular weight is 337 g/mol. The van der Waals surface area contributed by atoms with Gasteiger partial charge in [-0.2, -0.15) is 26.3 Å². The molecule has 1 heterocycles. The Hall–Kier alpha value is -0.840. The van der Waals surface area contributed by atoms with E-state index in [4.69, 9.17) is 10.2 Å². The first-order chi connectivity index (χ1) is 9.50. The van der Waals surface area contributed by atoms with Crippen LogP contribution in [0.3, 0.4) is 0 Å². The Morgan fingerprint density at radius 3 is 1.81 bits per heavy atom. The van der Waals surface area contributed by atoms with Crippen LogP contribution in [0.15, 0.2) is 17.5 Å². The van der Waals surface area contributed by atoms with Crippen LogP contribution in [0.25, 0.3) is 0 Å². The molecule has 0 radical (unpaired) electrons. The molecule has 10 heteroatoms. The molecule has 122 valence electrons. The Bertz CT molecular complexity index is 397. The lowest BCUT2D eigenvalue weighted by atomic mass is 10.2. The van der Waals surface area contributed by atoms with E-state index >= 15 is 0 Å². The fraction of sp³-hybridized carbons (Fsp3) is 0.636. The molecule has 0 saturated heterocycles. The number of aliphatic hydroxyl groups excluding tert-OH is 2. The van der Waals surface area contributed by atoms with E-state index in [2.05, 4.69) is 0 Å². The molecule has 1 rings (SSSR count). The zero-order valence-corrected chi connectivity index (χ0v) is 11.3. The van der Waals surface area contributed by atoms with Gasteiger partial charge in [0.15, 0.2) is 12.2 Å². The molecular formula is C11H13F6NO2S. The second-order valence-corrected chi connectivity index (χ2v) is 5.42. The summed E-state index contributed by atoms with van der Waals surface area (Å²) in [6.07, 6.45) is -15.4. The lowest BCUT2D eigenvalue weighted by Gasteiger charge is -2.28. The van der Waals surface area contributed by atoms with Crippen LogP contribution in [0.5, 0.6) is 0 Å². The lowest BCUT2D eigenvalue weighted by Crippen LogP contribution is -2.46. The van der Waals surface area contributed by atoms with Crippen molar-refractivity contribution in [1.82, 2.24) is 4.90 Å². The van der Waals surface area contributed by atoms with Gasteiger partial charge in [-0.3, -0.25) is 4.90 Å². The third kappa shape index (κ3) is 6.20. The van der Waals surface area contributed by atoms with Gasteiger partial charge in [-0.05, 0) is 11.4 Å². The second kappa shape index (κ2) is 6.95. The van der Waals surface area contributed by atoms with E-state index in [-0.39, 0.29) is 6.54 Å². The van der Waals surface area contributed by atoms with Crippen LogP contribution < -0.4 is 0 Å². The molecule has 0 aromatic carbocycles. The monoisotopic (exact) mass is 337 g/mol. The summed E-state index contributed by atoms with van der Waals surface area (Å²) in [5.74, 6) is 0. The van der Waals surface area contributed by atoms with Gasteiger partial charge < -0.3 is 10.2 Å². The molecule has 0 spiro atoms. The van der Waals surface area contributed by atoms with E-state index in [9.17, 15) is 26.3 Å². The van der Waals surface area contributed by atoms with Crippen LogP contribution in [-0.4, -0.2) is 52.8 Å². The smallest absolute Gasteiger partial charge is 0.382 e. The second-order valence-electron chi connectivity index (χ2n) is 4.39. The summed E-state index contributed by atoms with van der Waals surface area (Å²) in [5.41, 5.74) is 0. The quantitative estimate of drug-likeness (QED) is 0.784. The molecule has 0 aliphatic carbocycles. The summed E-state index contributed by atoms with van der Waals surface area (Å²) < 4.78 is 73.8. The molecule has 21 heavy (non-hydrogen) atoms. The minimum absolute atomic E-state index is 0.224. The highest BCUT2D eigenvalue weighted by molar-refractivity contribution is 7.09. The van der Waals surface area contributed by atoms with Crippen molar-refractivity contribution < 1.29 is 36.6 Å². The van der Waals surface area contributed by atoms with Gasteiger partial charge in [-0.15, -0.1) is 11.3 Å². The number of nitrogens with zero attached hydrogens (tertiary/aromatic N) is 1. The maximum atomic E-state index is 12.3.